The van der Waals surface area contributed by atoms with Gasteiger partial charge in [-0.2, -0.15) is 0 Å². The van der Waals surface area contributed by atoms with Crippen molar-refractivity contribution in [2.45, 2.75) is 20.4 Å². The Morgan fingerprint density at radius 3 is 2.85 bits per heavy atom. The highest BCUT2D eigenvalue weighted by Crippen LogP contribution is 2.27. The molecule has 3 rings (SSSR count). The highest BCUT2D eigenvalue weighted by atomic mass is 15.4. The van der Waals surface area contributed by atoms with E-state index in [1.165, 1.54) is 5.56 Å². The fraction of sp³-hybridized carbons (Fsp3) is 0.267. The summed E-state index contributed by atoms with van der Waals surface area (Å²) in [5.41, 5.74) is 4.45. The van der Waals surface area contributed by atoms with Crippen LogP contribution in [0, 0.1) is 13.8 Å². The fourth-order valence-electron chi connectivity index (χ4n) is 2.31. The second-order valence-electron chi connectivity index (χ2n) is 4.81. The minimum Gasteiger partial charge on any atom is -0.382 e. The van der Waals surface area contributed by atoms with E-state index < -0.39 is 0 Å². The Bertz CT molecular complexity index is 718. The van der Waals surface area contributed by atoms with Crippen molar-refractivity contribution in [2.75, 3.05) is 11.9 Å². The molecule has 0 atom stereocenters. The lowest BCUT2D eigenvalue weighted by molar-refractivity contribution is 0.609. The number of hydrogen-bond donors (Lipinski definition) is 1. The van der Waals surface area contributed by atoms with Crippen LogP contribution in [0.2, 0.25) is 0 Å². The standard InChI is InChI=1S/C15H17N5/c1-11-12(2)18-14-6-4-3-5-13(14)15(11)16-7-9-20-10-8-17-19-20/h3-6,8,10H,7,9H2,1-2H3,(H,16,18). The number of hydrogen-bond acceptors (Lipinski definition) is 4. The molecule has 5 heteroatoms. The van der Waals surface area contributed by atoms with E-state index in [-0.39, 0.29) is 0 Å². The van der Waals surface area contributed by atoms with Crippen molar-refractivity contribution in [1.82, 2.24) is 20.0 Å². The minimum atomic E-state index is 0.787. The lowest BCUT2D eigenvalue weighted by Gasteiger charge is -2.14. The van der Waals surface area contributed by atoms with Crippen LogP contribution in [-0.2, 0) is 6.54 Å². The Morgan fingerprint density at radius 1 is 1.20 bits per heavy atom. The van der Waals surface area contributed by atoms with E-state index in [0.29, 0.717) is 0 Å². The Kier molecular flexibility index (Phi) is 3.33. The van der Waals surface area contributed by atoms with Gasteiger partial charge >= 0.3 is 0 Å². The Hall–Kier alpha value is -2.43. The van der Waals surface area contributed by atoms with E-state index in [2.05, 4.69) is 33.6 Å². The maximum Gasteiger partial charge on any atom is 0.0726 e. The highest BCUT2D eigenvalue weighted by Gasteiger charge is 2.08. The number of para-hydroxylation sites is 1. The molecule has 2 aromatic heterocycles. The largest absolute Gasteiger partial charge is 0.382 e. The molecule has 1 aromatic carbocycles. The molecule has 1 N–H and O–H groups in total. The first-order chi connectivity index (χ1) is 9.75. The molecule has 0 radical (unpaired) electrons. The van der Waals surface area contributed by atoms with Crippen LogP contribution in [0.25, 0.3) is 10.9 Å². The topological polar surface area (TPSA) is 55.6 Å². The fourth-order valence-corrected chi connectivity index (χ4v) is 2.31. The van der Waals surface area contributed by atoms with Crippen LogP contribution in [0.1, 0.15) is 11.3 Å². The van der Waals surface area contributed by atoms with Crippen molar-refractivity contribution in [2.24, 2.45) is 0 Å². The molecule has 0 saturated heterocycles. The zero-order chi connectivity index (χ0) is 13.9. The van der Waals surface area contributed by atoms with Crippen LogP contribution in [0.15, 0.2) is 36.7 Å². The molecule has 102 valence electrons. The zero-order valence-corrected chi connectivity index (χ0v) is 11.7. The van der Waals surface area contributed by atoms with E-state index in [4.69, 9.17) is 0 Å². The molecule has 0 spiro atoms. The molecule has 0 fully saturated rings. The van der Waals surface area contributed by atoms with Crippen molar-refractivity contribution in [3.05, 3.63) is 47.9 Å². The second-order valence-corrected chi connectivity index (χ2v) is 4.81. The van der Waals surface area contributed by atoms with Gasteiger partial charge in [-0.1, -0.05) is 23.4 Å². The van der Waals surface area contributed by atoms with Gasteiger partial charge < -0.3 is 5.32 Å². The summed E-state index contributed by atoms with van der Waals surface area (Å²) in [4.78, 5) is 4.63. The van der Waals surface area contributed by atoms with Crippen LogP contribution in [0.5, 0.6) is 0 Å². The van der Waals surface area contributed by atoms with Crippen LogP contribution in [-0.4, -0.2) is 26.5 Å². The monoisotopic (exact) mass is 267 g/mol. The summed E-state index contributed by atoms with van der Waals surface area (Å²) in [6.45, 7) is 5.74. The number of benzene rings is 1. The van der Waals surface area contributed by atoms with Gasteiger partial charge in [0, 0.05) is 29.5 Å². The van der Waals surface area contributed by atoms with Crippen molar-refractivity contribution in [3.8, 4) is 0 Å². The molecule has 20 heavy (non-hydrogen) atoms. The number of nitrogens with one attached hydrogen (secondary N) is 1. The van der Waals surface area contributed by atoms with Crippen molar-refractivity contribution >= 4 is 16.6 Å². The van der Waals surface area contributed by atoms with E-state index in [0.717, 1.165) is 35.4 Å². The zero-order valence-electron chi connectivity index (χ0n) is 11.7. The van der Waals surface area contributed by atoms with E-state index in [9.17, 15) is 0 Å². The van der Waals surface area contributed by atoms with Crippen molar-refractivity contribution in [3.63, 3.8) is 0 Å². The third kappa shape index (κ3) is 2.34. The lowest BCUT2D eigenvalue weighted by Crippen LogP contribution is -2.12. The summed E-state index contributed by atoms with van der Waals surface area (Å²) in [7, 11) is 0. The van der Waals surface area contributed by atoms with Crippen LogP contribution in [0.3, 0.4) is 0 Å². The maximum absolute atomic E-state index is 4.63. The lowest BCUT2D eigenvalue weighted by atomic mass is 10.1. The Morgan fingerprint density at radius 2 is 2.05 bits per heavy atom. The molecule has 0 aliphatic carbocycles. The van der Waals surface area contributed by atoms with Gasteiger partial charge in [0.05, 0.1) is 18.3 Å². The minimum absolute atomic E-state index is 0.787. The average molecular weight is 267 g/mol. The molecule has 0 unspecified atom stereocenters. The molecule has 0 saturated carbocycles. The van der Waals surface area contributed by atoms with E-state index >= 15 is 0 Å². The molecule has 2 heterocycles. The predicted molar refractivity (Wildman–Crippen MR) is 79.7 cm³/mol. The first kappa shape index (κ1) is 12.6. The average Bonchev–Trinajstić information content (AvgIpc) is 2.96. The normalized spacial score (nSPS) is 10.9. The van der Waals surface area contributed by atoms with Crippen molar-refractivity contribution in [1.29, 1.82) is 0 Å². The number of nitrogens with zero attached hydrogens (tertiary/aromatic N) is 4. The molecular weight excluding hydrogens is 250 g/mol. The number of aromatic nitrogens is 4. The summed E-state index contributed by atoms with van der Waals surface area (Å²) in [5.74, 6) is 0. The summed E-state index contributed by atoms with van der Waals surface area (Å²) < 4.78 is 1.82. The number of fused-ring (bicyclic) bond motifs is 1. The van der Waals surface area contributed by atoms with Gasteiger partial charge in [0.1, 0.15) is 0 Å². The van der Waals surface area contributed by atoms with Crippen LogP contribution in [0.4, 0.5) is 5.69 Å². The van der Waals surface area contributed by atoms with Crippen LogP contribution >= 0.6 is 0 Å². The van der Waals surface area contributed by atoms with Gasteiger partial charge in [-0.25, -0.2) is 0 Å². The quantitative estimate of drug-likeness (QED) is 0.789. The molecule has 3 aromatic rings. The third-order valence-corrected chi connectivity index (χ3v) is 3.49. The first-order valence-corrected chi connectivity index (χ1v) is 6.69. The number of aryl methyl sites for hydroxylation is 1. The summed E-state index contributed by atoms with van der Waals surface area (Å²) in [5, 5.41) is 12.4. The van der Waals surface area contributed by atoms with Gasteiger partial charge in [-0.15, -0.1) is 5.10 Å². The second kappa shape index (κ2) is 5.28. The van der Waals surface area contributed by atoms with E-state index in [1.807, 2.05) is 36.0 Å². The number of anilines is 1. The SMILES string of the molecule is Cc1nc2ccccc2c(NCCn2ccnn2)c1C. The smallest absolute Gasteiger partial charge is 0.0726 e. The molecule has 0 aliphatic rings. The summed E-state index contributed by atoms with van der Waals surface area (Å²) in [6.07, 6.45) is 3.56. The Labute approximate surface area is 117 Å². The summed E-state index contributed by atoms with van der Waals surface area (Å²) >= 11 is 0. The van der Waals surface area contributed by atoms with Gasteiger partial charge in [0.2, 0.25) is 0 Å². The number of rotatable bonds is 4. The van der Waals surface area contributed by atoms with Gasteiger partial charge in [-0.05, 0) is 25.5 Å². The molecule has 0 aliphatic heterocycles. The Balaban J connectivity index is 1.87. The third-order valence-electron chi connectivity index (χ3n) is 3.49. The van der Waals surface area contributed by atoms with Crippen molar-refractivity contribution < 1.29 is 0 Å². The predicted octanol–water partition coefficient (Wildman–Crippen LogP) is 2.56. The van der Waals surface area contributed by atoms with Gasteiger partial charge in [-0.3, -0.25) is 9.67 Å². The molecular formula is C15H17N5. The van der Waals surface area contributed by atoms with E-state index in [1.54, 1.807) is 6.20 Å². The highest BCUT2D eigenvalue weighted by molar-refractivity contribution is 5.93. The first-order valence-electron chi connectivity index (χ1n) is 6.69. The van der Waals surface area contributed by atoms with Gasteiger partial charge in [0.15, 0.2) is 0 Å². The van der Waals surface area contributed by atoms with Crippen LogP contribution < -0.4 is 5.32 Å². The number of pyridine rings is 1. The molecule has 0 bridgehead atoms. The molecule has 5 nitrogen and oxygen atoms in total. The molecule has 0 amide bonds. The summed E-state index contributed by atoms with van der Waals surface area (Å²) in [6, 6.07) is 8.21. The maximum atomic E-state index is 4.63. The van der Waals surface area contributed by atoms with Gasteiger partial charge in [0.25, 0.3) is 0 Å².